The Labute approximate surface area is 143 Å². The van der Waals surface area contributed by atoms with Crippen LogP contribution in [0.4, 0.5) is 11.5 Å². The number of nitrogens with one attached hydrogen (secondary N) is 2. The summed E-state index contributed by atoms with van der Waals surface area (Å²) in [6.45, 7) is 3.84. The van der Waals surface area contributed by atoms with Crippen molar-refractivity contribution in [3.63, 3.8) is 0 Å². The SMILES string of the molecule is CNS(=O)(=O)c1ccc(NCCN2c3ccccc3CC2C)nc1. The first kappa shape index (κ1) is 16.7. The Hall–Kier alpha value is -2.12. The van der Waals surface area contributed by atoms with Crippen molar-refractivity contribution in [2.45, 2.75) is 24.3 Å². The lowest BCUT2D eigenvalue weighted by molar-refractivity contribution is 0.588. The third-order valence-electron chi connectivity index (χ3n) is 4.32. The summed E-state index contributed by atoms with van der Waals surface area (Å²) in [7, 11) is -2.05. The van der Waals surface area contributed by atoms with E-state index in [9.17, 15) is 8.42 Å². The van der Waals surface area contributed by atoms with E-state index in [1.807, 2.05) is 0 Å². The highest BCUT2D eigenvalue weighted by atomic mass is 32.2. The lowest BCUT2D eigenvalue weighted by atomic mass is 10.1. The number of nitrogens with zero attached hydrogens (tertiary/aromatic N) is 2. The van der Waals surface area contributed by atoms with Crippen molar-refractivity contribution in [1.29, 1.82) is 0 Å². The molecule has 2 N–H and O–H groups in total. The number of anilines is 2. The molecule has 0 amide bonds. The van der Waals surface area contributed by atoms with Gasteiger partial charge in [0.2, 0.25) is 10.0 Å². The Morgan fingerprint density at radius 1 is 1.25 bits per heavy atom. The van der Waals surface area contributed by atoms with E-state index in [4.69, 9.17) is 0 Å². The second-order valence-corrected chi connectivity index (χ2v) is 7.78. The molecule has 3 rings (SSSR count). The third-order valence-corrected chi connectivity index (χ3v) is 5.72. The fourth-order valence-corrected chi connectivity index (χ4v) is 3.71. The van der Waals surface area contributed by atoms with Gasteiger partial charge in [-0.15, -0.1) is 0 Å². The first-order valence-corrected chi connectivity index (χ1v) is 9.47. The van der Waals surface area contributed by atoms with Crippen molar-refractivity contribution in [3.05, 3.63) is 48.2 Å². The minimum absolute atomic E-state index is 0.164. The van der Waals surface area contributed by atoms with Crippen LogP contribution in [0.3, 0.4) is 0 Å². The zero-order chi connectivity index (χ0) is 17.2. The van der Waals surface area contributed by atoms with Crippen LogP contribution in [0.15, 0.2) is 47.5 Å². The standard InChI is InChI=1S/C17H22N4O2S/c1-13-11-14-5-3-4-6-16(14)21(13)10-9-19-17-8-7-15(12-20-17)24(22,23)18-2/h3-8,12-13,18H,9-11H2,1-2H3,(H,19,20). The molecule has 2 heterocycles. The van der Waals surface area contributed by atoms with Gasteiger partial charge in [0, 0.05) is 31.0 Å². The van der Waals surface area contributed by atoms with Gasteiger partial charge in [0.15, 0.2) is 0 Å². The van der Waals surface area contributed by atoms with Crippen LogP contribution in [0.1, 0.15) is 12.5 Å². The fraction of sp³-hybridized carbons (Fsp3) is 0.353. The van der Waals surface area contributed by atoms with Crippen LogP contribution in [0.25, 0.3) is 0 Å². The first-order valence-electron chi connectivity index (χ1n) is 7.99. The van der Waals surface area contributed by atoms with E-state index < -0.39 is 10.0 Å². The van der Waals surface area contributed by atoms with Crippen molar-refractivity contribution in [1.82, 2.24) is 9.71 Å². The van der Waals surface area contributed by atoms with Gasteiger partial charge in [-0.25, -0.2) is 18.1 Å². The van der Waals surface area contributed by atoms with Crippen molar-refractivity contribution in [2.24, 2.45) is 0 Å². The van der Waals surface area contributed by atoms with Gasteiger partial charge in [-0.05, 0) is 44.2 Å². The Balaban J connectivity index is 1.59. The lowest BCUT2D eigenvalue weighted by Gasteiger charge is -2.25. The second kappa shape index (κ2) is 6.78. The van der Waals surface area contributed by atoms with E-state index in [0.717, 1.165) is 19.5 Å². The Kier molecular flexibility index (Phi) is 4.73. The number of rotatable bonds is 6. The normalized spacial score (nSPS) is 16.9. The van der Waals surface area contributed by atoms with Crippen LogP contribution < -0.4 is 14.9 Å². The molecule has 0 radical (unpaired) electrons. The molecule has 24 heavy (non-hydrogen) atoms. The fourth-order valence-electron chi connectivity index (χ4n) is 3.04. The van der Waals surface area contributed by atoms with Gasteiger partial charge in [0.05, 0.1) is 0 Å². The van der Waals surface area contributed by atoms with E-state index in [1.54, 1.807) is 12.1 Å². The molecule has 0 aliphatic carbocycles. The molecular formula is C17H22N4O2S. The summed E-state index contributed by atoms with van der Waals surface area (Å²) < 4.78 is 25.6. The molecule has 0 saturated heterocycles. The number of hydrogen-bond donors (Lipinski definition) is 2. The summed E-state index contributed by atoms with van der Waals surface area (Å²) >= 11 is 0. The highest BCUT2D eigenvalue weighted by molar-refractivity contribution is 7.89. The van der Waals surface area contributed by atoms with Gasteiger partial charge in [-0.3, -0.25) is 0 Å². The third kappa shape index (κ3) is 3.37. The molecule has 1 aromatic heterocycles. The number of sulfonamides is 1. The molecule has 1 unspecified atom stereocenters. The van der Waals surface area contributed by atoms with E-state index >= 15 is 0 Å². The van der Waals surface area contributed by atoms with Gasteiger partial charge in [-0.1, -0.05) is 18.2 Å². The largest absolute Gasteiger partial charge is 0.368 e. The summed E-state index contributed by atoms with van der Waals surface area (Å²) in [5.74, 6) is 0.671. The maximum absolute atomic E-state index is 11.7. The average Bonchev–Trinajstić information content (AvgIpc) is 2.91. The lowest BCUT2D eigenvalue weighted by Crippen LogP contribution is -2.33. The molecule has 6 nitrogen and oxygen atoms in total. The first-order chi connectivity index (χ1) is 11.5. The summed E-state index contributed by atoms with van der Waals surface area (Å²) in [6.07, 6.45) is 2.44. The maximum atomic E-state index is 11.7. The smallest absolute Gasteiger partial charge is 0.241 e. The monoisotopic (exact) mass is 346 g/mol. The molecule has 128 valence electrons. The Morgan fingerprint density at radius 2 is 2.04 bits per heavy atom. The molecule has 1 atom stereocenters. The molecule has 1 aliphatic heterocycles. The van der Waals surface area contributed by atoms with Gasteiger partial charge >= 0.3 is 0 Å². The molecule has 0 saturated carbocycles. The van der Waals surface area contributed by atoms with Crippen molar-refractivity contribution in [3.8, 4) is 0 Å². The minimum Gasteiger partial charge on any atom is -0.368 e. The average molecular weight is 346 g/mol. The van der Waals surface area contributed by atoms with E-state index in [0.29, 0.717) is 11.9 Å². The molecule has 0 spiro atoms. The molecule has 1 aliphatic rings. The number of hydrogen-bond acceptors (Lipinski definition) is 5. The zero-order valence-corrected chi connectivity index (χ0v) is 14.7. The molecular weight excluding hydrogens is 324 g/mol. The van der Waals surface area contributed by atoms with Gasteiger partial charge < -0.3 is 10.2 Å². The molecule has 2 aromatic rings. The molecule has 7 heteroatoms. The predicted octanol–water partition coefficient (Wildman–Crippen LogP) is 1.85. The molecule has 1 aromatic carbocycles. The van der Waals surface area contributed by atoms with E-state index in [-0.39, 0.29) is 4.90 Å². The summed E-state index contributed by atoms with van der Waals surface area (Å²) in [5, 5.41) is 3.25. The number of aromatic nitrogens is 1. The van der Waals surface area contributed by atoms with Crippen molar-refractivity contribution < 1.29 is 8.42 Å². The Bertz CT molecular complexity index is 806. The van der Waals surface area contributed by atoms with E-state index in [1.165, 1.54) is 24.5 Å². The molecule has 0 bridgehead atoms. The number of para-hydroxylation sites is 1. The highest BCUT2D eigenvalue weighted by Crippen LogP contribution is 2.31. The Morgan fingerprint density at radius 3 is 2.75 bits per heavy atom. The van der Waals surface area contributed by atoms with Gasteiger partial charge in [-0.2, -0.15) is 0 Å². The predicted molar refractivity (Wildman–Crippen MR) is 95.9 cm³/mol. The maximum Gasteiger partial charge on any atom is 0.241 e. The summed E-state index contributed by atoms with van der Waals surface area (Å²) in [4.78, 5) is 6.73. The van der Waals surface area contributed by atoms with Crippen molar-refractivity contribution in [2.75, 3.05) is 30.4 Å². The van der Waals surface area contributed by atoms with Crippen LogP contribution in [-0.2, 0) is 16.4 Å². The topological polar surface area (TPSA) is 74.3 Å². The van der Waals surface area contributed by atoms with Crippen LogP contribution >= 0.6 is 0 Å². The van der Waals surface area contributed by atoms with Gasteiger partial charge in [0.1, 0.15) is 10.7 Å². The summed E-state index contributed by atoms with van der Waals surface area (Å²) in [6, 6.07) is 12.2. The number of pyridine rings is 1. The number of fused-ring (bicyclic) bond motifs is 1. The van der Waals surface area contributed by atoms with Crippen LogP contribution in [-0.4, -0.2) is 39.6 Å². The number of benzene rings is 1. The second-order valence-electron chi connectivity index (χ2n) is 5.89. The van der Waals surface area contributed by atoms with Crippen LogP contribution in [0, 0.1) is 0 Å². The zero-order valence-electron chi connectivity index (χ0n) is 13.9. The van der Waals surface area contributed by atoms with Gasteiger partial charge in [0.25, 0.3) is 0 Å². The minimum atomic E-state index is -3.44. The quantitative estimate of drug-likeness (QED) is 0.835. The van der Waals surface area contributed by atoms with Crippen LogP contribution in [0.5, 0.6) is 0 Å². The van der Waals surface area contributed by atoms with Crippen LogP contribution in [0.2, 0.25) is 0 Å². The summed E-state index contributed by atoms with van der Waals surface area (Å²) in [5.41, 5.74) is 2.69. The van der Waals surface area contributed by atoms with E-state index in [2.05, 4.69) is 51.1 Å². The van der Waals surface area contributed by atoms with Crippen molar-refractivity contribution >= 4 is 21.5 Å². The molecule has 0 fully saturated rings. The highest BCUT2D eigenvalue weighted by Gasteiger charge is 2.24.